The number of nitrogens with zero attached hydrogens (tertiary/aromatic N) is 1. The number of urea groups is 1. The van der Waals surface area contributed by atoms with E-state index in [0.717, 1.165) is 22.1 Å². The van der Waals surface area contributed by atoms with E-state index in [0.29, 0.717) is 6.42 Å². The Morgan fingerprint density at radius 2 is 2.00 bits per heavy atom. The molecule has 1 aromatic carbocycles. The topological polar surface area (TPSA) is 66.5 Å². The van der Waals surface area contributed by atoms with E-state index in [4.69, 9.17) is 0 Å². The summed E-state index contributed by atoms with van der Waals surface area (Å²) < 4.78 is 51.4. The van der Waals surface area contributed by atoms with Crippen molar-refractivity contribution < 1.29 is 22.0 Å². The lowest BCUT2D eigenvalue weighted by atomic mass is 9.83. The largest absolute Gasteiger partial charge is 0.332 e. The van der Waals surface area contributed by atoms with Crippen LogP contribution in [-0.2, 0) is 9.84 Å². The monoisotopic (exact) mass is 400 g/mol. The average Bonchev–Trinajstić information content (AvgIpc) is 2.59. The molecular formula is C19H26F2N2O3S. The Kier molecular flexibility index (Phi) is 6.62. The smallest absolute Gasteiger partial charge is 0.318 e. The maximum atomic E-state index is 14.5. The minimum Gasteiger partial charge on any atom is -0.332 e. The van der Waals surface area contributed by atoms with E-state index in [-0.39, 0.29) is 6.42 Å². The van der Waals surface area contributed by atoms with Crippen LogP contribution >= 0.6 is 0 Å². The molecule has 2 amide bonds. The molecule has 27 heavy (non-hydrogen) atoms. The molecule has 0 spiro atoms. The van der Waals surface area contributed by atoms with Gasteiger partial charge in [0.2, 0.25) is 0 Å². The van der Waals surface area contributed by atoms with Crippen molar-refractivity contribution in [1.82, 2.24) is 10.2 Å². The Morgan fingerprint density at radius 1 is 1.37 bits per heavy atom. The molecule has 8 heteroatoms. The molecule has 150 valence electrons. The van der Waals surface area contributed by atoms with Crippen LogP contribution in [0.15, 0.2) is 41.8 Å². The lowest BCUT2D eigenvalue weighted by Crippen LogP contribution is -2.55. The molecule has 1 N–H and O–H groups in total. The normalized spacial score (nSPS) is 24.0. The molecule has 1 saturated heterocycles. The van der Waals surface area contributed by atoms with Gasteiger partial charge in [-0.15, -0.1) is 0 Å². The summed E-state index contributed by atoms with van der Waals surface area (Å²) in [6.07, 6.45) is 2.87. The first-order valence-electron chi connectivity index (χ1n) is 8.91. The zero-order valence-corrected chi connectivity index (χ0v) is 16.5. The lowest BCUT2D eigenvalue weighted by molar-refractivity contribution is -0.117. The first-order chi connectivity index (χ1) is 12.5. The summed E-state index contributed by atoms with van der Waals surface area (Å²) >= 11 is 0. The van der Waals surface area contributed by atoms with Crippen LogP contribution in [0.2, 0.25) is 0 Å². The molecule has 1 aliphatic rings. The summed E-state index contributed by atoms with van der Waals surface area (Å²) in [5.41, 5.74) is 0.806. The van der Waals surface area contributed by atoms with E-state index in [1.807, 2.05) is 30.3 Å². The van der Waals surface area contributed by atoms with Crippen molar-refractivity contribution in [2.75, 3.05) is 12.8 Å². The summed E-state index contributed by atoms with van der Waals surface area (Å²) in [7, 11) is -3.33. The van der Waals surface area contributed by atoms with Crippen LogP contribution in [-0.4, -0.2) is 44.1 Å². The fourth-order valence-corrected chi connectivity index (χ4v) is 3.81. The second kappa shape index (κ2) is 8.37. The van der Waals surface area contributed by atoms with Gasteiger partial charge in [0.25, 0.3) is 5.92 Å². The van der Waals surface area contributed by atoms with Crippen LogP contribution in [0, 0.1) is 5.92 Å². The number of rotatable bonds is 5. The zero-order chi connectivity index (χ0) is 20.2. The molecule has 1 fully saturated rings. The lowest BCUT2D eigenvalue weighted by Gasteiger charge is -2.44. The molecule has 1 heterocycles. The van der Waals surface area contributed by atoms with Gasteiger partial charge in [0.15, 0.2) is 9.84 Å². The summed E-state index contributed by atoms with van der Waals surface area (Å²) in [5.74, 6) is -3.77. The number of benzene rings is 1. The molecule has 0 saturated carbocycles. The van der Waals surface area contributed by atoms with Crippen molar-refractivity contribution in [2.45, 2.75) is 44.7 Å². The van der Waals surface area contributed by atoms with Crippen LogP contribution in [0.5, 0.6) is 0 Å². The van der Waals surface area contributed by atoms with Crippen molar-refractivity contribution in [3.05, 3.63) is 47.4 Å². The number of piperidine rings is 1. The van der Waals surface area contributed by atoms with Gasteiger partial charge in [-0.3, -0.25) is 0 Å². The third-order valence-electron chi connectivity index (χ3n) is 4.77. The Labute approximate surface area is 159 Å². The highest BCUT2D eigenvalue weighted by molar-refractivity contribution is 7.93. The van der Waals surface area contributed by atoms with Gasteiger partial charge >= 0.3 is 6.03 Å². The van der Waals surface area contributed by atoms with Crippen LogP contribution in [0.4, 0.5) is 13.6 Å². The van der Waals surface area contributed by atoms with Gasteiger partial charge in [-0.05, 0) is 25.3 Å². The number of likely N-dealkylation sites (tertiary alicyclic amines) is 1. The van der Waals surface area contributed by atoms with E-state index in [9.17, 15) is 22.0 Å². The highest BCUT2D eigenvalue weighted by Gasteiger charge is 2.49. The number of sulfone groups is 1. The van der Waals surface area contributed by atoms with Gasteiger partial charge < -0.3 is 10.2 Å². The van der Waals surface area contributed by atoms with Crippen LogP contribution in [0.25, 0.3) is 0 Å². The zero-order valence-electron chi connectivity index (χ0n) is 15.7. The first-order valence-corrected chi connectivity index (χ1v) is 10.9. The molecule has 1 unspecified atom stereocenters. The maximum Gasteiger partial charge on any atom is 0.318 e. The number of hydrogen-bond donors (Lipinski definition) is 1. The van der Waals surface area contributed by atoms with Crippen molar-refractivity contribution in [2.24, 2.45) is 5.92 Å². The number of nitrogens with one attached hydrogen (secondary N) is 1. The molecule has 0 bridgehead atoms. The summed E-state index contributed by atoms with van der Waals surface area (Å²) in [5, 5.41) is 3.59. The van der Waals surface area contributed by atoms with Crippen LogP contribution in [0.1, 0.15) is 38.3 Å². The number of halogens is 2. The van der Waals surface area contributed by atoms with Gasteiger partial charge in [-0.25, -0.2) is 22.0 Å². The fourth-order valence-electron chi connectivity index (χ4n) is 3.29. The summed E-state index contributed by atoms with van der Waals surface area (Å²) in [4.78, 5) is 13.9. The van der Waals surface area contributed by atoms with Crippen molar-refractivity contribution in [1.29, 1.82) is 0 Å². The van der Waals surface area contributed by atoms with E-state index < -0.39 is 46.3 Å². The maximum absolute atomic E-state index is 14.5. The molecule has 1 aromatic rings. The molecule has 5 nitrogen and oxygen atoms in total. The third-order valence-corrected chi connectivity index (χ3v) is 5.42. The molecule has 0 aliphatic carbocycles. The molecular weight excluding hydrogens is 374 g/mol. The van der Waals surface area contributed by atoms with Gasteiger partial charge in [0.1, 0.15) is 0 Å². The van der Waals surface area contributed by atoms with E-state index in [1.165, 1.54) is 6.08 Å². The fraction of sp³-hybridized carbons (Fsp3) is 0.526. The molecule has 0 radical (unpaired) electrons. The van der Waals surface area contributed by atoms with Crippen LogP contribution < -0.4 is 5.32 Å². The van der Waals surface area contributed by atoms with Gasteiger partial charge in [0.05, 0.1) is 12.6 Å². The highest BCUT2D eigenvalue weighted by atomic mass is 32.2. The Hall–Kier alpha value is -1.96. The van der Waals surface area contributed by atoms with Gasteiger partial charge in [-0.1, -0.05) is 43.3 Å². The van der Waals surface area contributed by atoms with Gasteiger partial charge in [0, 0.05) is 23.6 Å². The van der Waals surface area contributed by atoms with E-state index >= 15 is 0 Å². The number of carbonyl (C=O) groups is 1. The number of hydrogen-bond acceptors (Lipinski definition) is 3. The van der Waals surface area contributed by atoms with Crippen molar-refractivity contribution in [3.8, 4) is 0 Å². The molecule has 2 rings (SSSR count). The third kappa shape index (κ3) is 5.76. The minimum absolute atomic E-state index is 0.175. The van der Waals surface area contributed by atoms with E-state index in [1.54, 1.807) is 13.8 Å². The second-order valence-electron chi connectivity index (χ2n) is 7.05. The minimum atomic E-state index is -3.33. The number of amides is 2. The second-order valence-corrected chi connectivity index (χ2v) is 8.98. The average molecular weight is 400 g/mol. The summed E-state index contributed by atoms with van der Waals surface area (Å²) in [6, 6.07) is 7.42. The predicted octanol–water partition coefficient (Wildman–Crippen LogP) is 3.75. The Bertz CT molecular complexity index is 781. The van der Waals surface area contributed by atoms with Crippen molar-refractivity contribution >= 4 is 15.9 Å². The van der Waals surface area contributed by atoms with Crippen molar-refractivity contribution in [3.63, 3.8) is 0 Å². The summed E-state index contributed by atoms with van der Waals surface area (Å²) in [6.45, 7) is 2.65. The molecule has 0 aromatic heterocycles. The Balaban J connectivity index is 2.24. The van der Waals surface area contributed by atoms with Crippen LogP contribution in [0.3, 0.4) is 0 Å². The number of alkyl halides is 2. The predicted molar refractivity (Wildman–Crippen MR) is 101 cm³/mol. The van der Waals surface area contributed by atoms with Gasteiger partial charge in [-0.2, -0.15) is 0 Å². The Morgan fingerprint density at radius 3 is 2.56 bits per heavy atom. The SMILES string of the molecule is CC[C@@H]1C[C@H](c2ccccc2)N(C(=O)NC(C)/C=C/S(C)(=O)=O)CC1(F)F. The molecule has 3 atom stereocenters. The van der Waals surface area contributed by atoms with E-state index in [2.05, 4.69) is 5.32 Å². The quantitative estimate of drug-likeness (QED) is 0.819. The first kappa shape index (κ1) is 21.3. The highest BCUT2D eigenvalue weighted by Crippen LogP contribution is 2.43. The molecule has 1 aliphatic heterocycles. The number of carbonyl (C=O) groups excluding carboxylic acids is 1. The standard InChI is InChI=1S/C19H26F2N2O3S/c1-4-16-12-17(15-8-6-5-7-9-15)23(13-19(16,20)21)18(24)22-14(2)10-11-27(3,25)26/h5-11,14,16-17H,4,12-13H2,1-3H3,(H,22,24)/b11-10+/t14?,16-,17-/m1/s1.